The van der Waals surface area contributed by atoms with Crippen LogP contribution < -0.4 is 10.1 Å². The molecule has 1 unspecified atom stereocenters. The van der Waals surface area contributed by atoms with Crippen LogP contribution in [0.2, 0.25) is 0 Å². The first kappa shape index (κ1) is 22.5. The number of carbonyl (C=O) groups excluding carboxylic acids is 1. The van der Waals surface area contributed by atoms with Crippen LogP contribution in [0.15, 0.2) is 30.6 Å². The number of hydrogen-bond donors (Lipinski definition) is 2. The summed E-state index contributed by atoms with van der Waals surface area (Å²) in [4.78, 5) is 17.3. The number of halogens is 4. The number of ether oxygens (including phenoxy) is 1. The molecule has 0 spiro atoms. The number of aromatic nitrogens is 3. The molecular formula is C20H20F4N4O3. The molecular weight excluding hydrogens is 420 g/mol. The Morgan fingerprint density at radius 3 is 2.52 bits per heavy atom. The largest absolute Gasteiger partial charge is 0.573 e. The zero-order valence-corrected chi connectivity index (χ0v) is 17.1. The van der Waals surface area contributed by atoms with Crippen LogP contribution in [0.3, 0.4) is 0 Å². The van der Waals surface area contributed by atoms with Gasteiger partial charge in [0.25, 0.3) is 5.91 Å². The molecule has 31 heavy (non-hydrogen) atoms. The Labute approximate surface area is 174 Å². The summed E-state index contributed by atoms with van der Waals surface area (Å²) in [5.41, 5.74) is 0.434. The van der Waals surface area contributed by atoms with Gasteiger partial charge in [-0.2, -0.15) is 5.10 Å². The predicted molar refractivity (Wildman–Crippen MR) is 102 cm³/mol. The highest BCUT2D eigenvalue weighted by Gasteiger charge is 2.34. The Hall–Kier alpha value is -3.21. The molecule has 2 N–H and O–H groups in total. The van der Waals surface area contributed by atoms with Crippen LogP contribution >= 0.6 is 0 Å². The minimum atomic E-state index is -5.06. The molecule has 0 aliphatic rings. The first-order valence-corrected chi connectivity index (χ1v) is 9.16. The van der Waals surface area contributed by atoms with Gasteiger partial charge in [0, 0.05) is 11.9 Å². The zero-order valence-electron chi connectivity index (χ0n) is 17.1. The van der Waals surface area contributed by atoms with Crippen LogP contribution in [0.5, 0.6) is 5.75 Å². The fourth-order valence-corrected chi connectivity index (χ4v) is 3.03. The molecule has 1 amide bonds. The number of carbonyl (C=O) groups is 1. The van der Waals surface area contributed by atoms with Gasteiger partial charge in [0.2, 0.25) is 0 Å². The lowest BCUT2D eigenvalue weighted by Gasteiger charge is -2.30. The summed E-state index contributed by atoms with van der Waals surface area (Å²) in [6, 6.07) is 1.53. The SMILES string of the molecule is Cc1cn2ncc(C(=O)NC(c3ccc(OC(F)(F)F)c(F)c3)C(C)(C)O)c2nc1C. The number of nitrogens with one attached hydrogen (secondary N) is 1. The van der Waals surface area contributed by atoms with Crippen molar-refractivity contribution >= 4 is 11.6 Å². The van der Waals surface area contributed by atoms with Crippen LogP contribution in [0.25, 0.3) is 5.65 Å². The summed E-state index contributed by atoms with van der Waals surface area (Å²) in [7, 11) is 0. The van der Waals surface area contributed by atoms with E-state index >= 15 is 0 Å². The van der Waals surface area contributed by atoms with Crippen LogP contribution in [-0.2, 0) is 0 Å². The molecule has 0 saturated heterocycles. The summed E-state index contributed by atoms with van der Waals surface area (Å²) < 4.78 is 56.4. The van der Waals surface area contributed by atoms with Gasteiger partial charge in [-0.05, 0) is 51.0 Å². The molecule has 2 aromatic heterocycles. The van der Waals surface area contributed by atoms with E-state index < -0.39 is 35.5 Å². The lowest BCUT2D eigenvalue weighted by molar-refractivity contribution is -0.275. The molecule has 0 aliphatic heterocycles. The highest BCUT2D eigenvalue weighted by atomic mass is 19.4. The van der Waals surface area contributed by atoms with Crippen molar-refractivity contribution in [3.63, 3.8) is 0 Å². The highest BCUT2D eigenvalue weighted by Crippen LogP contribution is 2.31. The fourth-order valence-electron chi connectivity index (χ4n) is 3.03. The van der Waals surface area contributed by atoms with Crippen molar-refractivity contribution in [1.82, 2.24) is 19.9 Å². The third-order valence-electron chi connectivity index (χ3n) is 4.67. The van der Waals surface area contributed by atoms with Gasteiger partial charge in [-0.15, -0.1) is 13.2 Å². The molecule has 166 valence electrons. The van der Waals surface area contributed by atoms with Crippen molar-refractivity contribution < 1.29 is 32.2 Å². The second-order valence-electron chi connectivity index (χ2n) is 7.63. The van der Waals surface area contributed by atoms with E-state index in [1.54, 1.807) is 13.1 Å². The number of aliphatic hydroxyl groups is 1. The Bertz CT molecular complexity index is 1140. The first-order valence-electron chi connectivity index (χ1n) is 9.16. The number of amides is 1. The first-order chi connectivity index (χ1) is 14.3. The molecule has 0 bridgehead atoms. The van der Waals surface area contributed by atoms with Crippen LogP contribution in [-0.4, -0.2) is 37.6 Å². The molecule has 0 aliphatic carbocycles. The zero-order chi connectivity index (χ0) is 23.1. The van der Waals surface area contributed by atoms with E-state index in [4.69, 9.17) is 0 Å². The third kappa shape index (κ3) is 4.93. The van der Waals surface area contributed by atoms with Crippen molar-refractivity contribution in [2.45, 2.75) is 45.7 Å². The van der Waals surface area contributed by atoms with Gasteiger partial charge < -0.3 is 15.2 Å². The maximum Gasteiger partial charge on any atom is 0.573 e. The quantitative estimate of drug-likeness (QED) is 0.592. The van der Waals surface area contributed by atoms with Crippen molar-refractivity contribution in [2.24, 2.45) is 0 Å². The Balaban J connectivity index is 1.94. The average molecular weight is 440 g/mol. The Morgan fingerprint density at radius 1 is 1.26 bits per heavy atom. The summed E-state index contributed by atoms with van der Waals surface area (Å²) in [6.07, 6.45) is -2.05. The average Bonchev–Trinajstić information content (AvgIpc) is 3.02. The van der Waals surface area contributed by atoms with E-state index in [9.17, 15) is 27.5 Å². The van der Waals surface area contributed by atoms with Gasteiger partial charge in [0.1, 0.15) is 5.56 Å². The molecule has 0 radical (unpaired) electrons. The maximum absolute atomic E-state index is 14.2. The van der Waals surface area contributed by atoms with E-state index in [-0.39, 0.29) is 16.8 Å². The molecule has 3 aromatic rings. The number of fused-ring (bicyclic) bond motifs is 1. The highest BCUT2D eigenvalue weighted by molar-refractivity contribution is 5.99. The van der Waals surface area contributed by atoms with Crippen molar-refractivity contribution in [3.8, 4) is 5.75 Å². The number of nitrogens with zero attached hydrogens (tertiary/aromatic N) is 3. The molecule has 3 rings (SSSR count). The van der Waals surface area contributed by atoms with E-state index in [1.165, 1.54) is 24.6 Å². The van der Waals surface area contributed by atoms with Crippen LogP contribution in [0, 0.1) is 19.7 Å². The summed E-state index contributed by atoms with van der Waals surface area (Å²) >= 11 is 0. The minimum absolute atomic E-state index is 0.0457. The third-order valence-corrected chi connectivity index (χ3v) is 4.67. The van der Waals surface area contributed by atoms with Gasteiger partial charge in [-0.3, -0.25) is 4.79 Å². The second kappa shape index (κ2) is 7.80. The van der Waals surface area contributed by atoms with E-state index in [0.29, 0.717) is 5.69 Å². The van der Waals surface area contributed by atoms with Gasteiger partial charge in [0.15, 0.2) is 17.2 Å². The lowest BCUT2D eigenvalue weighted by Crippen LogP contribution is -2.42. The van der Waals surface area contributed by atoms with Gasteiger partial charge in [-0.1, -0.05) is 6.07 Å². The van der Waals surface area contributed by atoms with Crippen molar-refractivity contribution in [3.05, 3.63) is 58.8 Å². The summed E-state index contributed by atoms with van der Waals surface area (Å²) in [6.45, 7) is 6.36. The summed E-state index contributed by atoms with van der Waals surface area (Å²) in [5, 5.41) is 17.2. The van der Waals surface area contributed by atoms with E-state index in [0.717, 1.165) is 23.8 Å². The van der Waals surface area contributed by atoms with E-state index in [2.05, 4.69) is 20.1 Å². The van der Waals surface area contributed by atoms with Gasteiger partial charge in [-0.25, -0.2) is 13.9 Å². The number of rotatable bonds is 5. The monoisotopic (exact) mass is 440 g/mol. The topological polar surface area (TPSA) is 88.8 Å². The normalized spacial score (nSPS) is 13.3. The number of aryl methyl sites for hydroxylation is 2. The molecule has 7 nitrogen and oxygen atoms in total. The number of alkyl halides is 3. The molecule has 0 saturated carbocycles. The van der Waals surface area contributed by atoms with Gasteiger partial charge in [0.05, 0.1) is 17.8 Å². The van der Waals surface area contributed by atoms with E-state index in [1.807, 2.05) is 6.92 Å². The lowest BCUT2D eigenvalue weighted by atomic mass is 9.91. The summed E-state index contributed by atoms with van der Waals surface area (Å²) in [5.74, 6) is -2.95. The van der Waals surface area contributed by atoms with Crippen molar-refractivity contribution in [2.75, 3.05) is 0 Å². The maximum atomic E-state index is 14.2. The smallest absolute Gasteiger partial charge is 0.403 e. The predicted octanol–water partition coefficient (Wildman–Crippen LogP) is 3.63. The fraction of sp³-hybridized carbons (Fsp3) is 0.350. The van der Waals surface area contributed by atoms with Crippen molar-refractivity contribution in [1.29, 1.82) is 0 Å². The van der Waals surface area contributed by atoms with Crippen LogP contribution in [0.4, 0.5) is 17.6 Å². The molecule has 1 atom stereocenters. The molecule has 11 heteroatoms. The number of benzene rings is 1. The standard InChI is InChI=1S/C20H20F4N4O3/c1-10-9-28-17(26-11(10)2)13(8-25-28)18(29)27-16(19(3,4)30)12-5-6-15(14(21)7-12)31-20(22,23)24/h5-9,16,30H,1-4H3,(H,27,29). The number of hydrogen-bond acceptors (Lipinski definition) is 5. The Kier molecular flexibility index (Phi) is 5.66. The van der Waals surface area contributed by atoms with Gasteiger partial charge >= 0.3 is 6.36 Å². The second-order valence-corrected chi connectivity index (χ2v) is 7.63. The Morgan fingerprint density at radius 2 is 1.94 bits per heavy atom. The van der Waals surface area contributed by atoms with Crippen LogP contribution in [0.1, 0.15) is 47.1 Å². The molecule has 0 fully saturated rings. The molecule has 1 aromatic carbocycles. The molecule has 2 heterocycles. The minimum Gasteiger partial charge on any atom is -0.403 e.